The third kappa shape index (κ3) is 8.14. The predicted octanol–water partition coefficient (Wildman–Crippen LogP) is 6.78. The second-order valence-electron chi connectivity index (χ2n) is 11.9. The van der Waals surface area contributed by atoms with Crippen LogP contribution in [0.3, 0.4) is 0 Å². The first-order chi connectivity index (χ1) is 21.4. The van der Waals surface area contributed by atoms with Gasteiger partial charge in [-0.25, -0.2) is 14.2 Å². The lowest BCUT2D eigenvalue weighted by atomic mass is 10.0. The number of ether oxygens (including phenoxy) is 2. The van der Waals surface area contributed by atoms with Crippen molar-refractivity contribution in [1.82, 2.24) is 14.7 Å². The number of ketones is 1. The second-order valence-corrected chi connectivity index (χ2v) is 11.9. The Hall–Kier alpha value is -4.54. The summed E-state index contributed by atoms with van der Waals surface area (Å²) in [6, 6.07) is 11.4. The molecule has 2 N–H and O–H groups in total. The van der Waals surface area contributed by atoms with E-state index in [9.17, 15) is 19.1 Å². The van der Waals surface area contributed by atoms with Crippen LogP contribution in [0.15, 0.2) is 61.4 Å². The maximum Gasteiger partial charge on any atom is 0.415 e. The average Bonchev–Trinajstić information content (AvgIpc) is 3.75. The first-order valence-electron chi connectivity index (χ1n) is 14.8. The van der Waals surface area contributed by atoms with Gasteiger partial charge in [0.25, 0.3) is 0 Å². The molecule has 2 aromatic heterocycles. The van der Waals surface area contributed by atoms with E-state index in [2.05, 4.69) is 16.9 Å². The van der Waals surface area contributed by atoms with Gasteiger partial charge in [-0.15, -0.1) is 0 Å². The summed E-state index contributed by atoms with van der Waals surface area (Å²) in [5.74, 6) is -1.66. The minimum absolute atomic E-state index is 0.105. The zero-order valence-electron chi connectivity index (χ0n) is 26.7. The van der Waals surface area contributed by atoms with E-state index in [4.69, 9.17) is 9.47 Å². The quantitative estimate of drug-likeness (QED) is 0.200. The molecule has 1 aliphatic rings. The van der Waals surface area contributed by atoms with Crippen molar-refractivity contribution in [1.29, 1.82) is 0 Å². The molecule has 0 unspecified atom stereocenters. The van der Waals surface area contributed by atoms with Crippen molar-refractivity contribution in [3.8, 4) is 17.0 Å². The Balaban J connectivity index is 0.000000838. The molecule has 0 radical (unpaired) electrons. The lowest BCUT2D eigenvalue weighted by Crippen LogP contribution is -2.39. The van der Waals surface area contributed by atoms with Crippen molar-refractivity contribution in [3.05, 3.63) is 89.5 Å². The molecule has 0 atom stereocenters. The first-order valence-corrected chi connectivity index (χ1v) is 14.8. The second kappa shape index (κ2) is 14.0. The lowest BCUT2D eigenvalue weighted by molar-refractivity contribution is 0.0569. The zero-order chi connectivity index (χ0) is 32.9. The molecule has 5 rings (SSSR count). The van der Waals surface area contributed by atoms with Crippen LogP contribution in [-0.4, -0.2) is 65.3 Å². The minimum atomic E-state index is -0.787. The highest BCUT2D eigenvalue weighted by molar-refractivity contribution is 6.12. The van der Waals surface area contributed by atoms with Crippen LogP contribution in [-0.2, 0) is 9.47 Å². The number of rotatable bonds is 9. The maximum absolute atomic E-state index is 14.1. The number of methoxy groups -OCH3 is 1. The van der Waals surface area contributed by atoms with Crippen LogP contribution >= 0.6 is 0 Å². The van der Waals surface area contributed by atoms with E-state index in [1.54, 1.807) is 43.6 Å². The molecule has 2 aromatic carbocycles. The van der Waals surface area contributed by atoms with Gasteiger partial charge in [0, 0.05) is 30.5 Å². The van der Waals surface area contributed by atoms with Crippen molar-refractivity contribution in [2.45, 2.75) is 52.2 Å². The number of carbonyl (C=O) groups excluding carboxylic acids is 2. The van der Waals surface area contributed by atoms with Crippen molar-refractivity contribution in [2.24, 2.45) is 0 Å². The summed E-state index contributed by atoms with van der Waals surface area (Å²) in [6.07, 6.45) is 7.13. The standard InChI is InChI=1S/C31H32FN3O5.C4H9N/c1-7-20-8-9-21(14-19(20)2)26-17-33-29-25(34(12-13-39-6)30(38)40-31(3,4)5)15-22(18-35(26)29)28(37)24-16-23(32)10-11-27(24)36;1-5-4-2-3-4/h7-11,14-18,36H,1,12-13H2,2-6H3;4-5H,2-3H2,1H3. The smallest absolute Gasteiger partial charge is 0.415 e. The van der Waals surface area contributed by atoms with Crippen LogP contribution < -0.4 is 10.2 Å². The number of nitrogens with zero attached hydrogens (tertiary/aromatic N) is 3. The van der Waals surface area contributed by atoms with Crippen LogP contribution in [0.5, 0.6) is 5.75 Å². The van der Waals surface area contributed by atoms with Gasteiger partial charge in [-0.3, -0.25) is 14.1 Å². The number of hydrogen-bond donors (Lipinski definition) is 2. The third-order valence-corrected chi connectivity index (χ3v) is 7.25. The summed E-state index contributed by atoms with van der Waals surface area (Å²) < 4.78 is 26.7. The third-order valence-electron chi connectivity index (χ3n) is 7.25. The number of anilines is 1. The number of halogens is 1. The number of nitrogens with one attached hydrogen (secondary N) is 1. The van der Waals surface area contributed by atoms with E-state index in [-0.39, 0.29) is 30.0 Å². The number of benzene rings is 2. The Morgan fingerprint density at radius 1 is 1.20 bits per heavy atom. The number of aromatic hydroxyl groups is 1. The van der Waals surface area contributed by atoms with E-state index in [1.165, 1.54) is 30.9 Å². The number of carbonyl (C=O) groups is 2. The lowest BCUT2D eigenvalue weighted by Gasteiger charge is -2.28. The van der Waals surface area contributed by atoms with Gasteiger partial charge in [0.15, 0.2) is 11.4 Å². The molecule has 0 saturated heterocycles. The molecule has 1 saturated carbocycles. The highest BCUT2D eigenvalue weighted by Gasteiger charge is 2.28. The summed E-state index contributed by atoms with van der Waals surface area (Å²) in [7, 11) is 3.52. The van der Waals surface area contributed by atoms with Crippen LogP contribution in [0.2, 0.25) is 0 Å². The molecule has 2 heterocycles. The molecule has 1 amide bonds. The number of phenols is 1. The van der Waals surface area contributed by atoms with Gasteiger partial charge in [-0.2, -0.15) is 0 Å². The van der Waals surface area contributed by atoms with Gasteiger partial charge in [0.05, 0.1) is 36.3 Å². The van der Waals surface area contributed by atoms with Crippen molar-refractivity contribution < 1.29 is 28.6 Å². The molecule has 45 heavy (non-hydrogen) atoms. The van der Waals surface area contributed by atoms with Gasteiger partial charge < -0.3 is 19.9 Å². The number of hydrogen-bond acceptors (Lipinski definition) is 7. The van der Waals surface area contributed by atoms with E-state index in [0.717, 1.165) is 40.9 Å². The van der Waals surface area contributed by atoms with Gasteiger partial charge in [-0.05, 0) is 89.0 Å². The fourth-order valence-corrected chi connectivity index (χ4v) is 4.70. The normalized spacial score (nSPS) is 12.8. The van der Waals surface area contributed by atoms with Crippen LogP contribution in [0.1, 0.15) is 60.7 Å². The van der Waals surface area contributed by atoms with Gasteiger partial charge in [-0.1, -0.05) is 24.8 Å². The van der Waals surface area contributed by atoms with Crippen LogP contribution in [0, 0.1) is 12.7 Å². The molecule has 10 heteroatoms. The summed E-state index contributed by atoms with van der Waals surface area (Å²) in [4.78, 5) is 33.0. The Bertz CT molecular complexity index is 1700. The molecule has 1 fully saturated rings. The highest BCUT2D eigenvalue weighted by atomic mass is 19.1. The average molecular weight is 617 g/mol. The van der Waals surface area contributed by atoms with E-state index in [1.807, 2.05) is 32.2 Å². The SMILES string of the molecule is C=Cc1ccc(-c2cnc3c(N(CCOC)C(=O)OC(C)(C)C)cc(C(=O)c4cc(F)ccc4O)cn23)cc1C.CNC1CC1. The number of imidazole rings is 1. The van der Waals surface area contributed by atoms with Crippen molar-refractivity contribution >= 4 is 29.3 Å². The Labute approximate surface area is 263 Å². The van der Waals surface area contributed by atoms with Crippen molar-refractivity contribution in [2.75, 3.05) is 32.2 Å². The van der Waals surface area contributed by atoms with E-state index < -0.39 is 23.3 Å². The summed E-state index contributed by atoms with van der Waals surface area (Å²) >= 11 is 0. The minimum Gasteiger partial charge on any atom is -0.507 e. The van der Waals surface area contributed by atoms with Crippen LogP contribution in [0.4, 0.5) is 14.9 Å². The highest BCUT2D eigenvalue weighted by Crippen LogP contribution is 2.32. The summed E-state index contributed by atoms with van der Waals surface area (Å²) in [5, 5.41) is 13.5. The first kappa shape index (κ1) is 33.4. The number of phenolic OH excluding ortho intramolecular Hbond substituents is 1. The summed E-state index contributed by atoms with van der Waals surface area (Å²) in [5.41, 5.74) is 3.24. The summed E-state index contributed by atoms with van der Waals surface area (Å²) in [6.45, 7) is 11.4. The Morgan fingerprint density at radius 3 is 2.51 bits per heavy atom. The monoisotopic (exact) mass is 616 g/mol. The number of fused-ring (bicyclic) bond motifs is 1. The maximum atomic E-state index is 14.1. The van der Waals surface area contributed by atoms with E-state index in [0.29, 0.717) is 17.0 Å². The number of aryl methyl sites for hydroxylation is 1. The number of aromatic nitrogens is 2. The Kier molecular flexibility index (Phi) is 10.4. The zero-order valence-corrected chi connectivity index (χ0v) is 26.7. The molecule has 9 nitrogen and oxygen atoms in total. The molecule has 1 aliphatic carbocycles. The predicted molar refractivity (Wildman–Crippen MR) is 174 cm³/mol. The molecule has 4 aromatic rings. The molecule has 0 aliphatic heterocycles. The van der Waals surface area contributed by atoms with Gasteiger partial charge in [0.2, 0.25) is 0 Å². The van der Waals surface area contributed by atoms with Gasteiger partial charge in [0.1, 0.15) is 17.2 Å². The Morgan fingerprint density at radius 2 is 1.93 bits per heavy atom. The van der Waals surface area contributed by atoms with E-state index >= 15 is 0 Å². The fraction of sp³-hybridized carbons (Fsp3) is 0.343. The fourth-order valence-electron chi connectivity index (χ4n) is 4.70. The van der Waals surface area contributed by atoms with Gasteiger partial charge >= 0.3 is 6.09 Å². The number of amides is 1. The molecule has 0 bridgehead atoms. The largest absolute Gasteiger partial charge is 0.507 e. The van der Waals surface area contributed by atoms with Crippen molar-refractivity contribution in [3.63, 3.8) is 0 Å². The molecule has 0 spiro atoms. The molecular weight excluding hydrogens is 575 g/mol. The molecule has 238 valence electrons. The van der Waals surface area contributed by atoms with Crippen LogP contribution in [0.25, 0.3) is 23.0 Å². The number of pyridine rings is 1. The topological polar surface area (TPSA) is 105 Å². The molecular formula is C35H41FN4O5.